The highest BCUT2D eigenvalue weighted by atomic mass is 16.3. The Bertz CT molecular complexity index is 4050. The van der Waals surface area contributed by atoms with E-state index in [0.29, 0.717) is 0 Å². The fraction of sp³-hybridized carbons (Fsp3) is 0. The molecule has 0 unspecified atom stereocenters. The zero-order valence-electron chi connectivity index (χ0n) is 37.8. The van der Waals surface area contributed by atoms with Gasteiger partial charge in [-0.05, 0) is 111 Å². The fourth-order valence-electron chi connectivity index (χ4n) is 10.4. The number of benzene rings is 11. The van der Waals surface area contributed by atoms with Crippen LogP contribution in [0.25, 0.3) is 121 Å². The molecule has 0 aliphatic rings. The Balaban J connectivity index is 0.787. The van der Waals surface area contributed by atoms with E-state index in [1.807, 2.05) is 36.4 Å². The van der Waals surface area contributed by atoms with Gasteiger partial charge in [-0.15, -0.1) is 0 Å². The molecule has 0 spiro atoms. The Labute approximate surface area is 403 Å². The standard InChI is InChI=1S/C66H41NO3/c1-5-17-62-55(9-1)58-14-7-12-53(65(58)69-62)47-23-19-42(20-24-47)44-27-34-50(35-28-44)67(52-38-31-46(32-39-52)49-33-40-64-60(41-49)57-11-3-4-16-61(57)68-64)51-36-29-45(30-37-51)43-21-25-48(26-22-43)54-13-8-15-59-56-10-2-6-18-63(56)70-66(54)59/h1-41H. The highest BCUT2D eigenvalue weighted by molar-refractivity contribution is 6.11. The molecular formula is C66H41NO3. The monoisotopic (exact) mass is 895 g/mol. The molecule has 70 heavy (non-hydrogen) atoms. The first-order valence-electron chi connectivity index (χ1n) is 23.7. The minimum absolute atomic E-state index is 0.895. The number of hydrogen-bond donors (Lipinski definition) is 0. The number of hydrogen-bond acceptors (Lipinski definition) is 4. The molecule has 14 aromatic rings. The molecule has 3 aromatic heterocycles. The topological polar surface area (TPSA) is 42.7 Å². The molecule has 0 bridgehead atoms. The number of anilines is 3. The summed E-state index contributed by atoms with van der Waals surface area (Å²) in [6, 6.07) is 88.2. The Kier molecular flexibility index (Phi) is 9.17. The molecule has 14 rings (SSSR count). The molecule has 0 saturated carbocycles. The lowest BCUT2D eigenvalue weighted by Crippen LogP contribution is -2.09. The molecule has 0 fully saturated rings. The van der Waals surface area contributed by atoms with E-state index >= 15 is 0 Å². The Hall–Kier alpha value is -9.38. The van der Waals surface area contributed by atoms with Gasteiger partial charge in [-0.2, -0.15) is 0 Å². The van der Waals surface area contributed by atoms with Crippen LogP contribution in [0.1, 0.15) is 0 Å². The number of nitrogens with zero attached hydrogens (tertiary/aromatic N) is 1. The molecule has 4 heteroatoms. The smallest absolute Gasteiger partial charge is 0.143 e. The van der Waals surface area contributed by atoms with Crippen molar-refractivity contribution in [3.05, 3.63) is 249 Å². The van der Waals surface area contributed by atoms with Gasteiger partial charge in [0.05, 0.1) is 0 Å². The molecule has 0 N–H and O–H groups in total. The minimum atomic E-state index is 0.895. The summed E-state index contributed by atoms with van der Waals surface area (Å²) < 4.78 is 18.9. The van der Waals surface area contributed by atoms with Crippen molar-refractivity contribution in [3.63, 3.8) is 0 Å². The number of rotatable bonds is 8. The second-order valence-electron chi connectivity index (χ2n) is 18.0. The Morgan fingerprint density at radius 3 is 0.971 bits per heavy atom. The number of fused-ring (bicyclic) bond motifs is 9. The van der Waals surface area contributed by atoms with Crippen LogP contribution in [0.5, 0.6) is 0 Å². The van der Waals surface area contributed by atoms with E-state index in [-0.39, 0.29) is 0 Å². The van der Waals surface area contributed by atoms with E-state index in [2.05, 4.69) is 217 Å². The molecule has 328 valence electrons. The minimum Gasteiger partial charge on any atom is -0.456 e. The lowest BCUT2D eigenvalue weighted by Gasteiger charge is -2.26. The van der Waals surface area contributed by atoms with E-state index in [1.54, 1.807) is 0 Å². The van der Waals surface area contributed by atoms with Crippen LogP contribution < -0.4 is 4.90 Å². The average Bonchev–Trinajstić information content (AvgIpc) is 4.13. The third kappa shape index (κ3) is 6.69. The summed E-state index contributed by atoms with van der Waals surface area (Å²) in [5.41, 5.74) is 19.9. The van der Waals surface area contributed by atoms with Gasteiger partial charge in [0.25, 0.3) is 0 Å². The van der Waals surface area contributed by atoms with Crippen molar-refractivity contribution in [2.24, 2.45) is 0 Å². The van der Waals surface area contributed by atoms with Crippen molar-refractivity contribution < 1.29 is 13.3 Å². The van der Waals surface area contributed by atoms with Crippen molar-refractivity contribution >= 4 is 82.9 Å². The summed E-state index contributed by atoms with van der Waals surface area (Å²) in [6.07, 6.45) is 0. The van der Waals surface area contributed by atoms with Crippen LogP contribution in [0.4, 0.5) is 17.1 Å². The van der Waals surface area contributed by atoms with Gasteiger partial charge >= 0.3 is 0 Å². The summed E-state index contributed by atoms with van der Waals surface area (Å²) >= 11 is 0. The maximum absolute atomic E-state index is 6.37. The molecule has 0 amide bonds. The summed E-state index contributed by atoms with van der Waals surface area (Å²) in [4.78, 5) is 2.33. The molecule has 4 nitrogen and oxygen atoms in total. The Morgan fingerprint density at radius 2 is 0.529 bits per heavy atom. The van der Waals surface area contributed by atoms with Gasteiger partial charge in [-0.1, -0.05) is 182 Å². The van der Waals surface area contributed by atoms with Crippen molar-refractivity contribution in [3.8, 4) is 55.6 Å². The molecule has 0 radical (unpaired) electrons. The van der Waals surface area contributed by atoms with Crippen molar-refractivity contribution in [2.75, 3.05) is 4.90 Å². The van der Waals surface area contributed by atoms with Gasteiger partial charge in [-0.3, -0.25) is 0 Å². The molecule has 11 aromatic carbocycles. The van der Waals surface area contributed by atoms with Gasteiger partial charge in [0.15, 0.2) is 0 Å². The lowest BCUT2D eigenvalue weighted by atomic mass is 9.98. The third-order valence-electron chi connectivity index (χ3n) is 14.0. The largest absolute Gasteiger partial charge is 0.456 e. The number of para-hydroxylation sites is 5. The summed E-state index contributed by atoms with van der Waals surface area (Å²) in [7, 11) is 0. The van der Waals surface area contributed by atoms with Crippen molar-refractivity contribution in [1.29, 1.82) is 0 Å². The predicted molar refractivity (Wildman–Crippen MR) is 290 cm³/mol. The van der Waals surface area contributed by atoms with Crippen LogP contribution in [0, 0.1) is 0 Å². The first kappa shape index (κ1) is 39.8. The van der Waals surface area contributed by atoms with E-state index < -0.39 is 0 Å². The van der Waals surface area contributed by atoms with Gasteiger partial charge in [0.1, 0.15) is 33.5 Å². The normalized spacial score (nSPS) is 11.7. The predicted octanol–water partition coefficient (Wildman–Crippen LogP) is 19.2. The SMILES string of the molecule is c1ccc2c(c1)oc1ccc(-c3ccc(N(c4ccc(-c5ccc(-c6cccc7c6oc6ccccc67)cc5)cc4)c4ccc(-c5ccc(-c6cccc7c6oc6ccccc67)cc5)cc4)cc3)cc12. The Morgan fingerprint density at radius 1 is 0.214 bits per heavy atom. The van der Waals surface area contributed by atoms with Gasteiger partial charge < -0.3 is 18.2 Å². The van der Waals surface area contributed by atoms with Crippen molar-refractivity contribution in [1.82, 2.24) is 0 Å². The summed E-state index contributed by atoms with van der Waals surface area (Å²) in [5.74, 6) is 0. The van der Waals surface area contributed by atoms with Gasteiger partial charge in [-0.25, -0.2) is 0 Å². The van der Waals surface area contributed by atoms with Crippen LogP contribution >= 0.6 is 0 Å². The first-order valence-corrected chi connectivity index (χ1v) is 23.7. The zero-order valence-corrected chi connectivity index (χ0v) is 37.8. The number of furan rings is 3. The molecule has 0 saturated heterocycles. The van der Waals surface area contributed by atoms with Crippen molar-refractivity contribution in [2.45, 2.75) is 0 Å². The lowest BCUT2D eigenvalue weighted by molar-refractivity contribution is 0.669. The zero-order chi connectivity index (χ0) is 46.1. The second kappa shape index (κ2) is 16.2. The third-order valence-corrected chi connectivity index (χ3v) is 14.0. The molecular weight excluding hydrogens is 855 g/mol. The maximum atomic E-state index is 6.37. The molecule has 3 heterocycles. The van der Waals surface area contributed by atoms with E-state index in [1.165, 1.54) is 0 Å². The van der Waals surface area contributed by atoms with Crippen LogP contribution in [0.15, 0.2) is 262 Å². The second-order valence-corrected chi connectivity index (χ2v) is 18.0. The first-order chi connectivity index (χ1) is 34.7. The maximum Gasteiger partial charge on any atom is 0.143 e. The molecule has 0 aliphatic heterocycles. The average molecular weight is 896 g/mol. The van der Waals surface area contributed by atoms with E-state index in [9.17, 15) is 0 Å². The quantitative estimate of drug-likeness (QED) is 0.152. The fourth-order valence-corrected chi connectivity index (χ4v) is 10.4. The summed E-state index contributed by atoms with van der Waals surface area (Å²) in [5, 5.41) is 6.79. The van der Waals surface area contributed by atoms with Crippen LogP contribution in [-0.2, 0) is 0 Å². The van der Waals surface area contributed by atoms with E-state index in [4.69, 9.17) is 13.3 Å². The van der Waals surface area contributed by atoms with Gasteiger partial charge in [0.2, 0.25) is 0 Å². The van der Waals surface area contributed by atoms with Crippen LogP contribution in [0.2, 0.25) is 0 Å². The molecule has 0 aliphatic carbocycles. The molecule has 0 atom stereocenters. The van der Waals surface area contributed by atoms with Gasteiger partial charge in [0, 0.05) is 60.5 Å². The van der Waals surface area contributed by atoms with Crippen LogP contribution in [-0.4, -0.2) is 0 Å². The summed E-state index contributed by atoms with van der Waals surface area (Å²) in [6.45, 7) is 0. The highest BCUT2D eigenvalue weighted by Gasteiger charge is 2.17. The van der Waals surface area contributed by atoms with Crippen LogP contribution in [0.3, 0.4) is 0 Å². The van der Waals surface area contributed by atoms with E-state index in [0.717, 1.165) is 139 Å². The highest BCUT2D eigenvalue weighted by Crippen LogP contribution is 2.41.